The lowest BCUT2D eigenvalue weighted by molar-refractivity contribution is 0.102. The summed E-state index contributed by atoms with van der Waals surface area (Å²) in [7, 11) is 0. The largest absolute Gasteiger partial charge is 0.306 e. The van der Waals surface area contributed by atoms with Gasteiger partial charge in [-0.05, 0) is 24.6 Å². The smallest absolute Gasteiger partial charge is 0.268 e. The molecule has 0 atom stereocenters. The van der Waals surface area contributed by atoms with Crippen molar-refractivity contribution in [2.24, 2.45) is 0 Å². The summed E-state index contributed by atoms with van der Waals surface area (Å²) in [6.45, 7) is 6.62. The van der Waals surface area contributed by atoms with Crippen molar-refractivity contribution in [2.75, 3.05) is 5.32 Å². The number of benzene rings is 1. The first kappa shape index (κ1) is 17.8. The van der Waals surface area contributed by atoms with Crippen molar-refractivity contribution in [1.29, 1.82) is 0 Å². The Morgan fingerprint density at radius 2 is 2.00 bits per heavy atom. The van der Waals surface area contributed by atoms with E-state index >= 15 is 0 Å². The van der Waals surface area contributed by atoms with Crippen LogP contribution in [-0.4, -0.2) is 20.7 Å². The molecule has 0 fully saturated rings. The van der Waals surface area contributed by atoms with Crippen molar-refractivity contribution in [2.45, 2.75) is 33.2 Å². The van der Waals surface area contributed by atoms with Gasteiger partial charge in [0.05, 0.1) is 23.4 Å². The van der Waals surface area contributed by atoms with Gasteiger partial charge in [0.25, 0.3) is 5.91 Å². The van der Waals surface area contributed by atoms with Gasteiger partial charge >= 0.3 is 0 Å². The minimum absolute atomic E-state index is 0.139. The molecule has 130 valence electrons. The molecule has 0 aliphatic carbocycles. The standard InChI is InChI=1S/C18H19BrN4OS/c1-11(2)18-21-12(3)16(25-18)17(24)22-15-8-9-20-23(15)10-13-4-6-14(19)7-5-13/h4-9,11H,10H2,1-3H3,(H,22,24). The predicted molar refractivity (Wildman–Crippen MR) is 104 cm³/mol. The molecule has 0 bridgehead atoms. The number of hydrogen-bond acceptors (Lipinski definition) is 4. The summed E-state index contributed by atoms with van der Waals surface area (Å²) in [6, 6.07) is 9.84. The number of carbonyl (C=O) groups excluding carboxylic acids is 1. The molecule has 0 radical (unpaired) electrons. The van der Waals surface area contributed by atoms with E-state index < -0.39 is 0 Å². The monoisotopic (exact) mass is 418 g/mol. The molecule has 2 heterocycles. The maximum Gasteiger partial charge on any atom is 0.268 e. The summed E-state index contributed by atoms with van der Waals surface area (Å²) < 4.78 is 2.81. The van der Waals surface area contributed by atoms with Gasteiger partial charge in [-0.25, -0.2) is 9.67 Å². The number of aryl methyl sites for hydroxylation is 1. The average Bonchev–Trinajstić information content (AvgIpc) is 3.16. The fraction of sp³-hybridized carbons (Fsp3) is 0.278. The van der Waals surface area contributed by atoms with Gasteiger partial charge in [-0.2, -0.15) is 5.10 Å². The molecule has 0 saturated heterocycles. The van der Waals surface area contributed by atoms with Crippen LogP contribution in [0.2, 0.25) is 0 Å². The van der Waals surface area contributed by atoms with Crippen molar-refractivity contribution in [1.82, 2.24) is 14.8 Å². The topological polar surface area (TPSA) is 59.8 Å². The number of carbonyl (C=O) groups is 1. The van der Waals surface area contributed by atoms with Crippen LogP contribution in [-0.2, 0) is 6.54 Å². The number of nitrogens with zero attached hydrogens (tertiary/aromatic N) is 3. The van der Waals surface area contributed by atoms with Crippen molar-refractivity contribution >= 4 is 39.0 Å². The Kier molecular flexibility index (Phi) is 5.34. The van der Waals surface area contributed by atoms with Crippen LogP contribution in [0.3, 0.4) is 0 Å². The van der Waals surface area contributed by atoms with Gasteiger partial charge in [-0.3, -0.25) is 4.79 Å². The number of rotatable bonds is 5. The van der Waals surface area contributed by atoms with Crippen LogP contribution in [0.4, 0.5) is 5.82 Å². The zero-order chi connectivity index (χ0) is 18.0. The van der Waals surface area contributed by atoms with Gasteiger partial charge < -0.3 is 5.32 Å². The number of amides is 1. The van der Waals surface area contributed by atoms with Crippen molar-refractivity contribution in [3.05, 3.63) is 62.1 Å². The Morgan fingerprint density at radius 1 is 1.28 bits per heavy atom. The molecule has 2 aromatic heterocycles. The second-order valence-electron chi connectivity index (χ2n) is 6.08. The third kappa shape index (κ3) is 4.16. The van der Waals surface area contributed by atoms with E-state index in [1.54, 1.807) is 16.9 Å². The molecule has 0 spiro atoms. The Balaban J connectivity index is 1.76. The molecule has 0 saturated carbocycles. The van der Waals surface area contributed by atoms with Gasteiger partial charge in [-0.1, -0.05) is 41.9 Å². The lowest BCUT2D eigenvalue weighted by atomic mass is 10.2. The molecule has 1 N–H and O–H groups in total. The lowest BCUT2D eigenvalue weighted by Crippen LogP contribution is -2.16. The van der Waals surface area contributed by atoms with Crippen LogP contribution in [0.5, 0.6) is 0 Å². The van der Waals surface area contributed by atoms with Crippen molar-refractivity contribution in [3.8, 4) is 0 Å². The average molecular weight is 419 g/mol. The summed E-state index contributed by atoms with van der Waals surface area (Å²) >= 11 is 4.88. The summed E-state index contributed by atoms with van der Waals surface area (Å²) in [5.74, 6) is 0.847. The zero-order valence-corrected chi connectivity index (χ0v) is 16.7. The fourth-order valence-corrected chi connectivity index (χ4v) is 3.60. The summed E-state index contributed by atoms with van der Waals surface area (Å²) in [5, 5.41) is 8.25. The number of aromatic nitrogens is 3. The number of thiazole rings is 1. The second-order valence-corrected chi connectivity index (χ2v) is 8.02. The number of anilines is 1. The Morgan fingerprint density at radius 3 is 2.64 bits per heavy atom. The van der Waals surface area contributed by atoms with Crippen LogP contribution in [0.15, 0.2) is 41.0 Å². The van der Waals surface area contributed by atoms with Crippen molar-refractivity contribution < 1.29 is 4.79 Å². The maximum atomic E-state index is 12.6. The minimum atomic E-state index is -0.139. The molecule has 25 heavy (non-hydrogen) atoms. The first-order valence-electron chi connectivity index (χ1n) is 7.99. The highest BCUT2D eigenvalue weighted by Crippen LogP contribution is 2.25. The van der Waals surface area contributed by atoms with E-state index in [4.69, 9.17) is 0 Å². The molecule has 0 aliphatic heterocycles. The molecule has 1 amide bonds. The fourth-order valence-electron chi connectivity index (χ4n) is 2.38. The first-order chi connectivity index (χ1) is 11.9. The van der Waals surface area contributed by atoms with E-state index in [0.717, 1.165) is 20.7 Å². The molecule has 3 rings (SSSR count). The van der Waals surface area contributed by atoms with E-state index in [9.17, 15) is 4.79 Å². The van der Waals surface area contributed by atoms with Crippen LogP contribution >= 0.6 is 27.3 Å². The molecule has 1 aromatic carbocycles. The second kappa shape index (κ2) is 7.49. The van der Waals surface area contributed by atoms with Gasteiger partial charge in [0.1, 0.15) is 10.7 Å². The first-order valence-corrected chi connectivity index (χ1v) is 9.60. The minimum Gasteiger partial charge on any atom is -0.306 e. The Labute approximate surface area is 159 Å². The molecular weight excluding hydrogens is 400 g/mol. The third-order valence-electron chi connectivity index (χ3n) is 3.72. The van der Waals surface area contributed by atoms with Crippen molar-refractivity contribution in [3.63, 3.8) is 0 Å². The number of halogens is 1. The normalized spacial score (nSPS) is 11.1. The summed E-state index contributed by atoms with van der Waals surface area (Å²) in [4.78, 5) is 17.8. The zero-order valence-electron chi connectivity index (χ0n) is 14.3. The molecule has 0 aliphatic rings. The van der Waals surface area contributed by atoms with Gasteiger partial charge in [0.2, 0.25) is 0 Å². The summed E-state index contributed by atoms with van der Waals surface area (Å²) in [5.41, 5.74) is 1.88. The van der Waals surface area contributed by atoms with Gasteiger partial charge in [0, 0.05) is 16.5 Å². The predicted octanol–water partition coefficient (Wildman–Crippen LogP) is 4.83. The van der Waals surface area contributed by atoms with E-state index in [1.165, 1.54) is 11.3 Å². The summed E-state index contributed by atoms with van der Waals surface area (Å²) in [6.07, 6.45) is 1.69. The van der Waals surface area contributed by atoms with E-state index in [-0.39, 0.29) is 5.91 Å². The van der Waals surface area contributed by atoms with Gasteiger partial charge in [0.15, 0.2) is 0 Å². The molecule has 3 aromatic rings. The number of nitrogens with one attached hydrogen (secondary N) is 1. The maximum absolute atomic E-state index is 12.6. The molecule has 7 heteroatoms. The highest BCUT2D eigenvalue weighted by atomic mass is 79.9. The third-order valence-corrected chi connectivity index (χ3v) is 5.70. The van der Waals surface area contributed by atoms with E-state index in [2.05, 4.69) is 45.2 Å². The Hall–Kier alpha value is -1.99. The van der Waals surface area contributed by atoms with E-state index in [0.29, 0.717) is 23.2 Å². The molecule has 0 unspecified atom stereocenters. The van der Waals surface area contributed by atoms with Crippen LogP contribution in [0.25, 0.3) is 0 Å². The molecular formula is C18H19BrN4OS. The quantitative estimate of drug-likeness (QED) is 0.644. The lowest BCUT2D eigenvalue weighted by Gasteiger charge is -2.09. The Bertz CT molecular complexity index is 883. The van der Waals surface area contributed by atoms with Crippen LogP contribution in [0, 0.1) is 6.92 Å². The van der Waals surface area contributed by atoms with Crippen LogP contribution in [0.1, 0.15) is 45.7 Å². The van der Waals surface area contributed by atoms with Crippen LogP contribution < -0.4 is 5.32 Å². The van der Waals surface area contributed by atoms with E-state index in [1.807, 2.05) is 31.2 Å². The van der Waals surface area contributed by atoms with Gasteiger partial charge in [-0.15, -0.1) is 11.3 Å². The highest BCUT2D eigenvalue weighted by Gasteiger charge is 2.18. The highest BCUT2D eigenvalue weighted by molar-refractivity contribution is 9.10. The number of hydrogen-bond donors (Lipinski definition) is 1. The SMILES string of the molecule is Cc1nc(C(C)C)sc1C(=O)Nc1ccnn1Cc1ccc(Br)cc1. The molecule has 5 nitrogen and oxygen atoms in total.